The summed E-state index contributed by atoms with van der Waals surface area (Å²) in [6, 6.07) is 8.82. The Hall–Kier alpha value is -3.27. The normalized spacial score (nSPS) is 22.8. The zero-order chi connectivity index (χ0) is 27.8. The topological polar surface area (TPSA) is 118 Å². The number of hydrogen-bond acceptors (Lipinski definition) is 6. The fourth-order valence-electron chi connectivity index (χ4n) is 5.34. The number of carbonyl (C=O) groups is 3. The molecule has 2 N–H and O–H groups in total. The van der Waals surface area contributed by atoms with Crippen LogP contribution in [0, 0.1) is 18.8 Å². The highest BCUT2D eigenvalue weighted by atomic mass is 16.5. The number of aromatic nitrogens is 3. The average molecular weight is 539 g/mol. The van der Waals surface area contributed by atoms with Crippen molar-refractivity contribution in [2.75, 3.05) is 26.3 Å². The smallest absolute Gasteiger partial charge is 0.243 e. The second-order valence-corrected chi connectivity index (χ2v) is 10.7. The van der Waals surface area contributed by atoms with E-state index in [1.807, 2.05) is 60.7 Å². The monoisotopic (exact) mass is 538 g/mol. The summed E-state index contributed by atoms with van der Waals surface area (Å²) in [6.07, 6.45) is 3.46. The molecule has 1 aromatic carbocycles. The zero-order valence-corrected chi connectivity index (χ0v) is 23.4. The standard InChI is InChI=1S/C29H42N6O4/c1-4-20(2)26-28(37)31-24(19-22-9-6-5-7-10-22)27-30-21(3)33-35(27)16-15-34(14-8-11-25(36)32-26)29(38)23-12-17-39-18-13-23/h5-7,9-10,20,23-24,26H,4,8,11-19H2,1-3H3,(H,31,37)(H,32,36)/t20-,24-,26-/m0/s1. The molecule has 1 aromatic heterocycles. The van der Waals surface area contributed by atoms with Gasteiger partial charge in [0.05, 0.1) is 12.6 Å². The van der Waals surface area contributed by atoms with Crippen molar-refractivity contribution in [3.8, 4) is 0 Å². The minimum absolute atomic E-state index is 0.0505. The number of carbonyl (C=O) groups excluding carboxylic acids is 3. The average Bonchev–Trinajstić information content (AvgIpc) is 3.33. The molecule has 2 aliphatic rings. The van der Waals surface area contributed by atoms with Gasteiger partial charge in [-0.15, -0.1) is 0 Å². The molecule has 0 saturated carbocycles. The number of ether oxygens (including phenoxy) is 1. The number of amides is 3. The molecule has 10 nitrogen and oxygen atoms in total. The molecule has 0 spiro atoms. The van der Waals surface area contributed by atoms with E-state index in [4.69, 9.17) is 9.72 Å². The van der Waals surface area contributed by atoms with Crippen LogP contribution in [0.15, 0.2) is 30.3 Å². The second kappa shape index (κ2) is 13.7. The van der Waals surface area contributed by atoms with Crippen molar-refractivity contribution in [1.29, 1.82) is 0 Å². The Balaban J connectivity index is 1.66. The fourth-order valence-corrected chi connectivity index (χ4v) is 5.34. The first-order chi connectivity index (χ1) is 18.9. The summed E-state index contributed by atoms with van der Waals surface area (Å²) in [7, 11) is 0. The number of hydrogen-bond donors (Lipinski definition) is 2. The van der Waals surface area contributed by atoms with Gasteiger partial charge in [0.1, 0.15) is 17.7 Å². The predicted molar refractivity (Wildman–Crippen MR) is 147 cm³/mol. The third-order valence-electron chi connectivity index (χ3n) is 7.82. The molecular formula is C29H42N6O4. The quantitative estimate of drug-likeness (QED) is 0.604. The summed E-state index contributed by atoms with van der Waals surface area (Å²) >= 11 is 0. The summed E-state index contributed by atoms with van der Waals surface area (Å²) < 4.78 is 7.29. The van der Waals surface area contributed by atoms with Gasteiger partial charge in [0.15, 0.2) is 0 Å². The van der Waals surface area contributed by atoms with Gasteiger partial charge < -0.3 is 20.3 Å². The molecule has 3 heterocycles. The zero-order valence-electron chi connectivity index (χ0n) is 23.4. The van der Waals surface area contributed by atoms with Gasteiger partial charge in [0, 0.05) is 38.6 Å². The minimum Gasteiger partial charge on any atom is -0.381 e. The van der Waals surface area contributed by atoms with E-state index in [2.05, 4.69) is 15.7 Å². The molecule has 39 heavy (non-hydrogen) atoms. The van der Waals surface area contributed by atoms with Crippen molar-refractivity contribution in [3.05, 3.63) is 47.5 Å². The Kier molecular flexibility index (Phi) is 10.1. The molecule has 2 aromatic rings. The molecule has 1 fully saturated rings. The van der Waals surface area contributed by atoms with Crippen molar-refractivity contribution in [1.82, 2.24) is 30.3 Å². The molecule has 0 radical (unpaired) electrons. The Morgan fingerprint density at radius 2 is 1.85 bits per heavy atom. The van der Waals surface area contributed by atoms with Gasteiger partial charge in [0.25, 0.3) is 0 Å². The Morgan fingerprint density at radius 3 is 2.56 bits per heavy atom. The third-order valence-corrected chi connectivity index (χ3v) is 7.82. The summed E-state index contributed by atoms with van der Waals surface area (Å²) in [5.74, 6) is 0.846. The Labute approximate surface area is 230 Å². The van der Waals surface area contributed by atoms with Crippen LogP contribution in [-0.2, 0) is 32.1 Å². The highest BCUT2D eigenvalue weighted by Crippen LogP contribution is 2.21. The SMILES string of the molecule is CC[C@H](C)[C@@H]1NC(=O)CCCN(C(=O)C2CCOCC2)CCn2nc(C)nc2[C@H](Cc2ccccc2)NC1=O. The predicted octanol–water partition coefficient (Wildman–Crippen LogP) is 2.57. The molecular weight excluding hydrogens is 496 g/mol. The molecule has 0 aliphatic carbocycles. The second-order valence-electron chi connectivity index (χ2n) is 10.7. The lowest BCUT2D eigenvalue weighted by atomic mass is 9.96. The van der Waals surface area contributed by atoms with Crippen LogP contribution in [0.5, 0.6) is 0 Å². The molecule has 2 aliphatic heterocycles. The number of fused-ring (bicyclic) bond motifs is 1. The first-order valence-electron chi connectivity index (χ1n) is 14.3. The molecule has 4 rings (SSSR count). The highest BCUT2D eigenvalue weighted by molar-refractivity contribution is 5.88. The van der Waals surface area contributed by atoms with E-state index >= 15 is 0 Å². The van der Waals surface area contributed by atoms with Crippen LogP contribution in [0.3, 0.4) is 0 Å². The van der Waals surface area contributed by atoms with Crippen LogP contribution in [0.4, 0.5) is 0 Å². The van der Waals surface area contributed by atoms with E-state index < -0.39 is 12.1 Å². The summed E-state index contributed by atoms with van der Waals surface area (Å²) in [5.41, 5.74) is 1.05. The number of aryl methyl sites for hydroxylation is 1. The molecule has 3 amide bonds. The van der Waals surface area contributed by atoms with Crippen molar-refractivity contribution < 1.29 is 19.1 Å². The van der Waals surface area contributed by atoms with Gasteiger partial charge in [-0.1, -0.05) is 50.6 Å². The van der Waals surface area contributed by atoms with Crippen molar-refractivity contribution >= 4 is 17.7 Å². The number of nitrogens with one attached hydrogen (secondary N) is 2. The lowest BCUT2D eigenvalue weighted by Crippen LogP contribution is -2.51. The van der Waals surface area contributed by atoms with Crippen molar-refractivity contribution in [2.45, 2.75) is 77.9 Å². The summed E-state index contributed by atoms with van der Waals surface area (Å²) in [4.78, 5) is 46.6. The van der Waals surface area contributed by atoms with E-state index in [9.17, 15) is 14.4 Å². The van der Waals surface area contributed by atoms with Crippen molar-refractivity contribution in [3.63, 3.8) is 0 Å². The van der Waals surface area contributed by atoms with Gasteiger partial charge >= 0.3 is 0 Å². The van der Waals surface area contributed by atoms with Crippen LogP contribution in [0.25, 0.3) is 0 Å². The number of benzene rings is 1. The van der Waals surface area contributed by atoms with E-state index in [0.717, 1.165) is 12.0 Å². The number of nitrogens with zero attached hydrogens (tertiary/aromatic N) is 4. The summed E-state index contributed by atoms with van der Waals surface area (Å²) in [6.45, 7) is 8.39. The molecule has 0 bridgehead atoms. The highest BCUT2D eigenvalue weighted by Gasteiger charge is 2.31. The minimum atomic E-state index is -0.666. The van der Waals surface area contributed by atoms with Crippen LogP contribution in [0.2, 0.25) is 0 Å². The van der Waals surface area contributed by atoms with Gasteiger partial charge in [0.2, 0.25) is 17.7 Å². The first-order valence-corrected chi connectivity index (χ1v) is 14.3. The maximum atomic E-state index is 13.6. The molecule has 10 heteroatoms. The Morgan fingerprint density at radius 1 is 1.10 bits per heavy atom. The molecule has 3 atom stereocenters. The van der Waals surface area contributed by atoms with E-state index in [-0.39, 0.29) is 36.0 Å². The van der Waals surface area contributed by atoms with Crippen LogP contribution in [-0.4, -0.2) is 69.7 Å². The van der Waals surface area contributed by atoms with Gasteiger partial charge in [-0.25, -0.2) is 9.67 Å². The molecule has 212 valence electrons. The third kappa shape index (κ3) is 7.65. The van der Waals surface area contributed by atoms with Crippen LogP contribution >= 0.6 is 0 Å². The largest absolute Gasteiger partial charge is 0.381 e. The lowest BCUT2D eigenvalue weighted by Gasteiger charge is -2.31. The van der Waals surface area contributed by atoms with Gasteiger partial charge in [-0.2, -0.15) is 5.10 Å². The molecule has 1 saturated heterocycles. The van der Waals surface area contributed by atoms with Crippen LogP contribution < -0.4 is 10.6 Å². The fraction of sp³-hybridized carbons (Fsp3) is 0.621. The number of rotatable bonds is 5. The van der Waals surface area contributed by atoms with E-state index in [1.54, 1.807) is 0 Å². The van der Waals surface area contributed by atoms with E-state index in [0.29, 0.717) is 70.2 Å². The summed E-state index contributed by atoms with van der Waals surface area (Å²) in [5, 5.41) is 10.8. The molecule has 0 unspecified atom stereocenters. The van der Waals surface area contributed by atoms with Gasteiger partial charge in [-0.3, -0.25) is 14.4 Å². The van der Waals surface area contributed by atoms with Crippen LogP contribution in [0.1, 0.15) is 69.2 Å². The first kappa shape index (κ1) is 28.7. The van der Waals surface area contributed by atoms with Crippen molar-refractivity contribution in [2.24, 2.45) is 11.8 Å². The Bertz CT molecular complexity index is 1110. The van der Waals surface area contributed by atoms with Gasteiger partial charge in [-0.05, 0) is 44.1 Å². The maximum Gasteiger partial charge on any atom is 0.243 e. The van der Waals surface area contributed by atoms with E-state index in [1.165, 1.54) is 0 Å². The lowest BCUT2D eigenvalue weighted by molar-refractivity contribution is -0.139. The maximum absolute atomic E-state index is 13.6.